The highest BCUT2D eigenvalue weighted by Gasteiger charge is 2.35. The molecular formula is C21H29N3O2. The van der Waals surface area contributed by atoms with Gasteiger partial charge in [-0.05, 0) is 56.3 Å². The Morgan fingerprint density at radius 1 is 1.15 bits per heavy atom. The van der Waals surface area contributed by atoms with Crippen LogP contribution in [0.5, 0.6) is 0 Å². The fourth-order valence-electron chi connectivity index (χ4n) is 4.97. The monoisotopic (exact) mass is 355 g/mol. The molecule has 0 aliphatic carbocycles. The summed E-state index contributed by atoms with van der Waals surface area (Å²) in [5.41, 5.74) is 1.77. The van der Waals surface area contributed by atoms with Crippen molar-refractivity contribution in [3.63, 3.8) is 0 Å². The lowest BCUT2D eigenvalue weighted by Crippen LogP contribution is -2.51. The quantitative estimate of drug-likeness (QED) is 0.833. The van der Waals surface area contributed by atoms with Crippen LogP contribution in [0.1, 0.15) is 48.0 Å². The molecule has 0 bridgehead atoms. The zero-order chi connectivity index (χ0) is 18.1. The van der Waals surface area contributed by atoms with E-state index in [4.69, 9.17) is 0 Å². The van der Waals surface area contributed by atoms with Gasteiger partial charge in [-0.25, -0.2) is 0 Å². The van der Waals surface area contributed by atoms with Crippen molar-refractivity contribution >= 4 is 11.8 Å². The molecule has 0 spiro atoms. The first-order valence-electron chi connectivity index (χ1n) is 9.98. The van der Waals surface area contributed by atoms with Crippen LogP contribution < -0.4 is 0 Å². The van der Waals surface area contributed by atoms with Crippen molar-refractivity contribution in [3.8, 4) is 0 Å². The van der Waals surface area contributed by atoms with Crippen LogP contribution >= 0.6 is 0 Å². The molecule has 0 saturated carbocycles. The number of hydrogen-bond donors (Lipinski definition) is 0. The van der Waals surface area contributed by atoms with Crippen molar-refractivity contribution in [2.75, 3.05) is 33.2 Å². The summed E-state index contributed by atoms with van der Waals surface area (Å²) < 4.78 is 0. The summed E-state index contributed by atoms with van der Waals surface area (Å²) in [6.07, 6.45) is 6.36. The largest absolute Gasteiger partial charge is 0.344 e. The Morgan fingerprint density at radius 2 is 1.96 bits per heavy atom. The van der Waals surface area contributed by atoms with Crippen LogP contribution in [0.3, 0.4) is 0 Å². The standard InChI is InChI=1S/C21H29N3O2/c1-22(13-17-8-6-12-23-11-5-4-10-19(17)23)20(25)15-24-14-16-7-2-3-9-18(16)21(24)26/h2-3,7,9,17,19H,4-6,8,10-15H2,1H3/t17-,19+/m1/s1. The van der Waals surface area contributed by atoms with Crippen LogP contribution in [0.2, 0.25) is 0 Å². The lowest BCUT2D eigenvalue weighted by molar-refractivity contribution is -0.131. The normalized spacial score (nSPS) is 25.7. The highest BCUT2D eigenvalue weighted by atomic mass is 16.2. The van der Waals surface area contributed by atoms with E-state index in [1.54, 1.807) is 4.90 Å². The van der Waals surface area contributed by atoms with Crippen LogP contribution in [0.25, 0.3) is 0 Å². The molecule has 0 aromatic heterocycles. The molecule has 0 unspecified atom stereocenters. The number of carbonyl (C=O) groups excluding carboxylic acids is 2. The zero-order valence-electron chi connectivity index (χ0n) is 15.7. The molecule has 3 heterocycles. The molecule has 0 radical (unpaired) electrons. The van der Waals surface area contributed by atoms with Gasteiger partial charge in [-0.1, -0.05) is 24.6 Å². The van der Waals surface area contributed by atoms with Gasteiger partial charge in [0.15, 0.2) is 0 Å². The second-order valence-electron chi connectivity index (χ2n) is 8.09. The summed E-state index contributed by atoms with van der Waals surface area (Å²) in [5.74, 6) is 0.613. The van der Waals surface area contributed by atoms with E-state index >= 15 is 0 Å². The molecule has 4 rings (SSSR count). The second-order valence-corrected chi connectivity index (χ2v) is 8.09. The molecule has 2 amide bonds. The lowest BCUT2D eigenvalue weighted by atomic mass is 9.83. The van der Waals surface area contributed by atoms with E-state index in [2.05, 4.69) is 4.90 Å². The van der Waals surface area contributed by atoms with Crippen LogP contribution in [-0.4, -0.2) is 65.8 Å². The van der Waals surface area contributed by atoms with Crippen molar-refractivity contribution < 1.29 is 9.59 Å². The molecule has 5 nitrogen and oxygen atoms in total. The molecule has 2 atom stereocenters. The molecule has 3 aliphatic rings. The summed E-state index contributed by atoms with van der Waals surface area (Å²) in [7, 11) is 1.90. The molecule has 2 fully saturated rings. The molecule has 1 aromatic rings. The van der Waals surface area contributed by atoms with E-state index in [9.17, 15) is 9.59 Å². The molecule has 1 aromatic carbocycles. The summed E-state index contributed by atoms with van der Waals surface area (Å²) >= 11 is 0. The minimum absolute atomic E-state index is 0.0153. The van der Waals surface area contributed by atoms with Crippen molar-refractivity contribution in [1.29, 1.82) is 0 Å². The number of likely N-dealkylation sites (N-methyl/N-ethyl adjacent to an activating group) is 1. The number of hydrogen-bond acceptors (Lipinski definition) is 3. The van der Waals surface area contributed by atoms with Crippen molar-refractivity contribution in [1.82, 2.24) is 14.7 Å². The molecule has 140 valence electrons. The van der Waals surface area contributed by atoms with Gasteiger partial charge in [0.1, 0.15) is 6.54 Å². The van der Waals surface area contributed by atoms with Gasteiger partial charge < -0.3 is 14.7 Å². The Labute approximate surface area is 155 Å². The molecule has 5 heteroatoms. The number of benzene rings is 1. The average molecular weight is 355 g/mol. The van der Waals surface area contributed by atoms with E-state index in [1.807, 2.05) is 36.2 Å². The van der Waals surface area contributed by atoms with Gasteiger partial charge in [-0.3, -0.25) is 9.59 Å². The van der Waals surface area contributed by atoms with Gasteiger partial charge in [-0.15, -0.1) is 0 Å². The van der Waals surface area contributed by atoms with Gasteiger partial charge in [0, 0.05) is 31.7 Å². The first kappa shape index (κ1) is 17.5. The maximum absolute atomic E-state index is 12.7. The minimum atomic E-state index is -0.0153. The lowest BCUT2D eigenvalue weighted by Gasteiger charge is -2.45. The Balaban J connectivity index is 1.34. The summed E-state index contributed by atoms with van der Waals surface area (Å²) in [6, 6.07) is 8.30. The van der Waals surface area contributed by atoms with Gasteiger partial charge in [0.05, 0.1) is 0 Å². The van der Waals surface area contributed by atoms with Gasteiger partial charge in [0.25, 0.3) is 5.91 Å². The highest BCUT2D eigenvalue weighted by Crippen LogP contribution is 2.31. The number of carbonyl (C=O) groups is 2. The fraction of sp³-hybridized carbons (Fsp3) is 0.619. The third kappa shape index (κ3) is 3.37. The SMILES string of the molecule is CN(C[C@H]1CCCN2CCCC[C@@H]12)C(=O)CN1Cc2ccccc2C1=O. The van der Waals surface area contributed by atoms with Crippen LogP contribution in [0.15, 0.2) is 24.3 Å². The molecule has 3 aliphatic heterocycles. The summed E-state index contributed by atoms with van der Waals surface area (Å²) in [4.78, 5) is 31.4. The van der Waals surface area contributed by atoms with Crippen molar-refractivity contribution in [2.45, 2.75) is 44.7 Å². The third-order valence-corrected chi connectivity index (χ3v) is 6.39. The van der Waals surface area contributed by atoms with Crippen LogP contribution in [-0.2, 0) is 11.3 Å². The van der Waals surface area contributed by atoms with Crippen molar-refractivity contribution in [2.24, 2.45) is 5.92 Å². The third-order valence-electron chi connectivity index (χ3n) is 6.39. The first-order chi connectivity index (χ1) is 12.6. The van der Waals surface area contributed by atoms with E-state index < -0.39 is 0 Å². The second kappa shape index (κ2) is 7.39. The number of nitrogens with zero attached hydrogens (tertiary/aromatic N) is 3. The summed E-state index contributed by atoms with van der Waals surface area (Å²) in [6.45, 7) is 3.99. The fourth-order valence-corrected chi connectivity index (χ4v) is 4.97. The minimum Gasteiger partial charge on any atom is -0.344 e. The molecule has 26 heavy (non-hydrogen) atoms. The molecular weight excluding hydrogens is 326 g/mol. The number of fused-ring (bicyclic) bond motifs is 2. The maximum Gasteiger partial charge on any atom is 0.254 e. The van der Waals surface area contributed by atoms with E-state index in [1.165, 1.54) is 45.2 Å². The highest BCUT2D eigenvalue weighted by molar-refractivity contribution is 6.00. The van der Waals surface area contributed by atoms with Crippen LogP contribution in [0, 0.1) is 5.92 Å². The van der Waals surface area contributed by atoms with Gasteiger partial charge in [0.2, 0.25) is 5.91 Å². The first-order valence-corrected chi connectivity index (χ1v) is 9.98. The maximum atomic E-state index is 12.7. The van der Waals surface area contributed by atoms with Crippen molar-refractivity contribution in [3.05, 3.63) is 35.4 Å². The number of amides is 2. The van der Waals surface area contributed by atoms with E-state index in [0.29, 0.717) is 18.5 Å². The Morgan fingerprint density at radius 3 is 2.81 bits per heavy atom. The zero-order valence-corrected chi connectivity index (χ0v) is 15.7. The number of rotatable bonds is 4. The predicted octanol–water partition coefficient (Wildman–Crippen LogP) is 2.37. The average Bonchev–Trinajstić information content (AvgIpc) is 2.98. The predicted molar refractivity (Wildman–Crippen MR) is 101 cm³/mol. The Kier molecular flexibility index (Phi) is 4.98. The van der Waals surface area contributed by atoms with E-state index in [-0.39, 0.29) is 18.4 Å². The van der Waals surface area contributed by atoms with Crippen LogP contribution in [0.4, 0.5) is 0 Å². The summed E-state index contributed by atoms with van der Waals surface area (Å²) in [5, 5.41) is 0. The molecule has 0 N–H and O–H groups in total. The van der Waals surface area contributed by atoms with Gasteiger partial charge >= 0.3 is 0 Å². The Bertz CT molecular complexity index is 688. The van der Waals surface area contributed by atoms with Gasteiger partial charge in [-0.2, -0.15) is 0 Å². The molecule has 2 saturated heterocycles. The number of piperidine rings is 2. The smallest absolute Gasteiger partial charge is 0.254 e. The Hall–Kier alpha value is -1.88. The van der Waals surface area contributed by atoms with E-state index in [0.717, 1.165) is 17.7 Å². The topological polar surface area (TPSA) is 43.9 Å².